The van der Waals surface area contributed by atoms with E-state index < -0.39 is 9.84 Å². The molecule has 6 nitrogen and oxygen atoms in total. The predicted molar refractivity (Wildman–Crippen MR) is 60.3 cm³/mol. The first-order valence-corrected chi connectivity index (χ1v) is 7.73. The van der Waals surface area contributed by atoms with Crippen molar-refractivity contribution in [2.24, 2.45) is 0 Å². The Balaban J connectivity index is 1.77. The third-order valence-corrected chi connectivity index (χ3v) is 5.12. The molecule has 17 heavy (non-hydrogen) atoms. The largest absolute Gasteiger partial charge is 0.339 e. The molecular weight excluding hydrogens is 242 g/mol. The average Bonchev–Trinajstić information content (AvgIpc) is 2.62. The van der Waals surface area contributed by atoms with Gasteiger partial charge in [0.25, 0.3) is 0 Å². The van der Waals surface area contributed by atoms with Crippen LogP contribution in [-0.2, 0) is 9.84 Å². The highest BCUT2D eigenvalue weighted by Gasteiger charge is 2.31. The van der Waals surface area contributed by atoms with E-state index in [1.54, 1.807) is 0 Å². The second kappa shape index (κ2) is 4.06. The van der Waals surface area contributed by atoms with Crippen LogP contribution in [0.1, 0.15) is 42.9 Å². The van der Waals surface area contributed by atoms with Crippen molar-refractivity contribution in [1.29, 1.82) is 0 Å². The first-order valence-electron chi connectivity index (χ1n) is 5.91. The molecule has 2 heterocycles. The van der Waals surface area contributed by atoms with Gasteiger partial charge < -0.3 is 9.84 Å². The lowest BCUT2D eigenvalue weighted by Crippen LogP contribution is -2.39. The van der Waals surface area contributed by atoms with Gasteiger partial charge in [-0.1, -0.05) is 11.6 Å². The number of hydrogen-bond acceptors (Lipinski definition) is 6. The van der Waals surface area contributed by atoms with E-state index in [2.05, 4.69) is 15.5 Å². The summed E-state index contributed by atoms with van der Waals surface area (Å²) in [5.41, 5.74) is 0. The highest BCUT2D eigenvalue weighted by molar-refractivity contribution is 7.91. The number of sulfone groups is 1. The maximum Gasteiger partial charge on any atom is 0.229 e. The van der Waals surface area contributed by atoms with Crippen LogP contribution in [0.2, 0.25) is 0 Å². The van der Waals surface area contributed by atoms with Gasteiger partial charge in [0.1, 0.15) is 0 Å². The van der Waals surface area contributed by atoms with Gasteiger partial charge in [0.15, 0.2) is 15.7 Å². The molecule has 1 unspecified atom stereocenters. The molecule has 2 fully saturated rings. The first kappa shape index (κ1) is 11.2. The first-order chi connectivity index (χ1) is 8.14. The van der Waals surface area contributed by atoms with Crippen molar-refractivity contribution in [2.45, 2.75) is 31.2 Å². The molecule has 3 rings (SSSR count). The van der Waals surface area contributed by atoms with Gasteiger partial charge in [0, 0.05) is 12.5 Å². The zero-order valence-corrected chi connectivity index (χ0v) is 10.2. The summed E-state index contributed by atoms with van der Waals surface area (Å²) in [5, 5.41) is 7.01. The molecule has 94 valence electrons. The molecular formula is C10H15N3O3S. The van der Waals surface area contributed by atoms with Crippen LogP contribution in [-0.4, -0.2) is 36.6 Å². The van der Waals surface area contributed by atoms with Gasteiger partial charge in [0.2, 0.25) is 5.89 Å². The summed E-state index contributed by atoms with van der Waals surface area (Å²) in [5.74, 6) is 1.79. The smallest absolute Gasteiger partial charge is 0.229 e. The Morgan fingerprint density at radius 1 is 1.35 bits per heavy atom. The van der Waals surface area contributed by atoms with E-state index in [0.717, 1.165) is 12.8 Å². The summed E-state index contributed by atoms with van der Waals surface area (Å²) < 4.78 is 28.2. The quantitative estimate of drug-likeness (QED) is 0.825. The van der Waals surface area contributed by atoms with Crippen LogP contribution in [0, 0.1) is 0 Å². The molecule has 1 aliphatic heterocycles. The Morgan fingerprint density at radius 3 is 2.82 bits per heavy atom. The molecule has 1 saturated heterocycles. The molecule has 1 atom stereocenters. The number of aromatic nitrogens is 2. The van der Waals surface area contributed by atoms with Gasteiger partial charge in [-0.25, -0.2) is 8.42 Å². The lowest BCUT2D eigenvalue weighted by atomic mass is 9.85. The van der Waals surface area contributed by atoms with Gasteiger partial charge in [-0.05, 0) is 12.8 Å². The standard InChI is InChI=1S/C10H15N3O3S/c14-17(15)5-4-11-8(6-17)9-12-10(16-13-9)7-2-1-3-7/h7-8,11H,1-6H2. The van der Waals surface area contributed by atoms with Crippen LogP contribution in [0.25, 0.3) is 0 Å². The predicted octanol–water partition coefficient (Wildman–Crippen LogP) is 0.396. The van der Waals surface area contributed by atoms with Crippen molar-refractivity contribution in [1.82, 2.24) is 15.5 Å². The van der Waals surface area contributed by atoms with Crippen molar-refractivity contribution in [2.75, 3.05) is 18.1 Å². The fraction of sp³-hybridized carbons (Fsp3) is 0.800. The zero-order valence-electron chi connectivity index (χ0n) is 9.42. The minimum Gasteiger partial charge on any atom is -0.339 e. The van der Waals surface area contributed by atoms with Crippen molar-refractivity contribution >= 4 is 9.84 Å². The van der Waals surface area contributed by atoms with E-state index in [0.29, 0.717) is 24.2 Å². The molecule has 1 N–H and O–H groups in total. The topological polar surface area (TPSA) is 85.1 Å². The maximum atomic E-state index is 11.5. The zero-order chi connectivity index (χ0) is 11.9. The molecule has 7 heteroatoms. The van der Waals surface area contributed by atoms with Gasteiger partial charge >= 0.3 is 0 Å². The molecule has 2 aliphatic rings. The van der Waals surface area contributed by atoms with E-state index in [4.69, 9.17) is 4.52 Å². The number of hydrogen-bond donors (Lipinski definition) is 1. The van der Waals surface area contributed by atoms with E-state index >= 15 is 0 Å². The van der Waals surface area contributed by atoms with E-state index in [9.17, 15) is 8.42 Å². The van der Waals surface area contributed by atoms with E-state index in [-0.39, 0.29) is 17.5 Å². The summed E-state index contributed by atoms with van der Waals surface area (Å²) in [7, 11) is -2.97. The third-order valence-electron chi connectivity index (χ3n) is 3.45. The van der Waals surface area contributed by atoms with Gasteiger partial charge in [0.05, 0.1) is 17.5 Å². The van der Waals surface area contributed by atoms with Crippen LogP contribution in [0.5, 0.6) is 0 Å². The molecule has 1 aliphatic carbocycles. The van der Waals surface area contributed by atoms with Crippen molar-refractivity contribution in [3.8, 4) is 0 Å². The van der Waals surface area contributed by atoms with Crippen LogP contribution >= 0.6 is 0 Å². The van der Waals surface area contributed by atoms with E-state index in [1.165, 1.54) is 6.42 Å². The Hall–Kier alpha value is -0.950. The molecule has 1 aromatic heterocycles. The lowest BCUT2D eigenvalue weighted by molar-refractivity contribution is 0.290. The number of nitrogens with zero attached hydrogens (tertiary/aromatic N) is 2. The Bertz CT molecular complexity index is 507. The van der Waals surface area contributed by atoms with Gasteiger partial charge in [-0.3, -0.25) is 0 Å². The van der Waals surface area contributed by atoms with Crippen molar-refractivity contribution < 1.29 is 12.9 Å². The fourth-order valence-corrected chi connectivity index (χ4v) is 3.53. The minimum atomic E-state index is -2.97. The molecule has 1 aromatic rings. The van der Waals surface area contributed by atoms with Crippen LogP contribution < -0.4 is 5.32 Å². The highest BCUT2D eigenvalue weighted by atomic mass is 32.2. The Kier molecular flexibility index (Phi) is 2.67. The monoisotopic (exact) mass is 257 g/mol. The third kappa shape index (κ3) is 2.21. The number of nitrogens with one attached hydrogen (secondary N) is 1. The molecule has 0 radical (unpaired) electrons. The van der Waals surface area contributed by atoms with Crippen LogP contribution in [0.15, 0.2) is 4.52 Å². The fourth-order valence-electron chi connectivity index (χ4n) is 2.16. The van der Waals surface area contributed by atoms with Crippen molar-refractivity contribution in [3.63, 3.8) is 0 Å². The number of rotatable bonds is 2. The summed E-state index contributed by atoms with van der Waals surface area (Å²) >= 11 is 0. The SMILES string of the molecule is O=S1(=O)CCNC(c2noc(C3CCC3)n2)C1. The summed E-state index contributed by atoms with van der Waals surface area (Å²) in [6.45, 7) is 0.459. The van der Waals surface area contributed by atoms with Crippen LogP contribution in [0.4, 0.5) is 0 Å². The summed E-state index contributed by atoms with van der Waals surface area (Å²) in [4.78, 5) is 4.32. The molecule has 0 amide bonds. The summed E-state index contributed by atoms with van der Waals surface area (Å²) in [6, 6.07) is -0.314. The van der Waals surface area contributed by atoms with Gasteiger partial charge in [-0.2, -0.15) is 4.98 Å². The highest BCUT2D eigenvalue weighted by Crippen LogP contribution is 2.35. The average molecular weight is 257 g/mol. The second-order valence-electron chi connectivity index (χ2n) is 4.74. The lowest BCUT2D eigenvalue weighted by Gasteiger charge is -2.21. The van der Waals surface area contributed by atoms with Gasteiger partial charge in [-0.15, -0.1) is 0 Å². The minimum absolute atomic E-state index is 0.0661. The van der Waals surface area contributed by atoms with Crippen molar-refractivity contribution in [3.05, 3.63) is 11.7 Å². The summed E-state index contributed by atoms with van der Waals surface area (Å²) in [6.07, 6.45) is 3.40. The van der Waals surface area contributed by atoms with Crippen LogP contribution in [0.3, 0.4) is 0 Å². The second-order valence-corrected chi connectivity index (χ2v) is 6.97. The van der Waals surface area contributed by atoms with E-state index in [1.807, 2.05) is 0 Å². The maximum absolute atomic E-state index is 11.5. The Labute approximate surface area is 99.7 Å². The molecule has 1 saturated carbocycles. The normalized spacial score (nSPS) is 28.8. The molecule has 0 bridgehead atoms. The molecule has 0 aromatic carbocycles. The molecule has 0 spiro atoms. The Morgan fingerprint density at radius 2 is 2.18 bits per heavy atom.